The van der Waals surface area contributed by atoms with E-state index in [1.807, 2.05) is 0 Å². The van der Waals surface area contributed by atoms with Crippen LogP contribution in [0.5, 0.6) is 0 Å². The molecule has 10 N–H and O–H groups in total. The van der Waals surface area contributed by atoms with E-state index in [1.165, 1.54) is 164 Å². The highest BCUT2D eigenvalue weighted by Crippen LogP contribution is 2.31. The lowest BCUT2D eigenvalue weighted by Crippen LogP contribution is -2.50. The Morgan fingerprint density at radius 3 is 0.802 bits per heavy atom. The van der Waals surface area contributed by atoms with Crippen molar-refractivity contribution in [3.8, 4) is 0 Å². The number of carbonyl (C=O) groups is 4. The maximum Gasteiger partial charge on any atom is 0.416 e. The number of nitrogens with zero attached hydrogens (tertiary/aromatic N) is 2. The molecule has 0 unspecified atom stereocenters. The summed E-state index contributed by atoms with van der Waals surface area (Å²) in [5.74, 6) is -2.17. The first kappa shape index (κ1) is 84.3. The average Bonchev–Trinajstić information content (AvgIpc) is 3.39. The number of carboxylic acids is 2. The molecule has 3 aromatic carbocycles. The van der Waals surface area contributed by atoms with E-state index in [9.17, 15) is 35.9 Å². The average molecular weight is 1170 g/mol. The zero-order valence-electron chi connectivity index (χ0n) is 50.4. The van der Waals surface area contributed by atoms with Crippen molar-refractivity contribution < 1.29 is 81.1 Å². The van der Waals surface area contributed by atoms with Gasteiger partial charge in [0, 0.05) is 36.4 Å². The highest BCUT2D eigenvalue weighted by atomic mass is 19.4. The third-order valence-corrected chi connectivity index (χ3v) is 12.7. The van der Waals surface area contributed by atoms with Crippen molar-refractivity contribution in [2.24, 2.45) is 0 Å². The molecule has 0 aliphatic heterocycles. The van der Waals surface area contributed by atoms with E-state index in [2.05, 4.69) is 76.7 Å². The van der Waals surface area contributed by atoms with E-state index in [-0.39, 0.29) is 40.9 Å². The van der Waals surface area contributed by atoms with Crippen LogP contribution in [-0.4, -0.2) is 102 Å². The van der Waals surface area contributed by atoms with Gasteiger partial charge in [-0.25, -0.2) is 9.59 Å². The van der Waals surface area contributed by atoms with Crippen LogP contribution in [0.2, 0.25) is 0 Å². The molecule has 0 fully saturated rings. The van der Waals surface area contributed by atoms with Gasteiger partial charge in [-0.2, -0.15) is 26.3 Å². The summed E-state index contributed by atoms with van der Waals surface area (Å²) in [6.07, 6.45) is 13.2. The van der Waals surface area contributed by atoms with Crippen LogP contribution >= 0.6 is 0 Å². The summed E-state index contributed by atoms with van der Waals surface area (Å²) in [7, 11) is 0. The van der Waals surface area contributed by atoms with Crippen LogP contribution in [0, 0.1) is 0 Å². The summed E-state index contributed by atoms with van der Waals surface area (Å²) in [6, 6.07) is 13.7. The largest absolute Gasteiger partial charge is 0.550 e. The number of rotatable bonds is 30. The fourth-order valence-electron chi connectivity index (χ4n) is 8.34. The van der Waals surface area contributed by atoms with E-state index in [0.29, 0.717) is 11.1 Å². The number of unbranched alkanes of at least 4 members (excludes halogenated alkanes) is 8. The number of quaternary nitrogens is 2. The van der Waals surface area contributed by atoms with Crippen molar-refractivity contribution >= 4 is 35.4 Å². The normalized spacial score (nSPS) is 10.8. The quantitative estimate of drug-likeness (QED) is 0.0372. The number of urea groups is 2. The van der Waals surface area contributed by atoms with Crippen molar-refractivity contribution in [1.82, 2.24) is 10.6 Å². The van der Waals surface area contributed by atoms with E-state index >= 15 is 0 Å². The zero-order chi connectivity index (χ0) is 59.5. The maximum absolute atomic E-state index is 12.6. The molecule has 0 saturated carbocycles. The summed E-state index contributed by atoms with van der Waals surface area (Å²) in [6.45, 7) is 32.2. The minimum atomic E-state index is -4.47. The molecule has 0 bridgehead atoms. The standard InChI is InChI=1S/C24H20F6N4O2.2C16H36N.2C2H4O2.3H2O/c25-23(26,27)17-4-8-19(9-5-17)33-21(35)31-13-15-2-1-3-16(12-15)14-32-22(36)34-20-10-6-18(7-11-20)24(28,29)30;2*1-5-9-13-17(14-10-6-2,15-11-7-3)16-12-8-4;2*1-2(3)4;;;/h1-12H,13-14H2,(H2,31,33,35)(H2,32,34,36);2*5-16H2,1-4H3;2*1H3,(H,3,4);3*1H2/q;2*+1;;;;;/p-2. The Hall–Kier alpha value is -5.48. The molecule has 3 aromatic rings. The van der Waals surface area contributed by atoms with Gasteiger partial charge in [0.05, 0.1) is 63.5 Å². The van der Waals surface area contributed by atoms with Crippen molar-refractivity contribution in [3.63, 3.8) is 0 Å². The number of anilines is 2. The minimum absolute atomic E-state index is 0. The Morgan fingerprint density at radius 1 is 0.407 bits per heavy atom. The summed E-state index contributed by atoms with van der Waals surface area (Å²) in [5, 5.41) is 27.8. The number of hydrogen-bond acceptors (Lipinski definition) is 6. The lowest BCUT2D eigenvalue weighted by molar-refractivity contribution is -0.929. The van der Waals surface area contributed by atoms with Gasteiger partial charge in [0.15, 0.2) is 0 Å². The first-order chi connectivity index (χ1) is 36.8. The van der Waals surface area contributed by atoms with E-state index < -0.39 is 47.5 Å². The molecule has 4 amide bonds. The summed E-state index contributed by atoms with van der Waals surface area (Å²) in [5.41, 5.74) is 0.119. The number of carboxylic acid groups (broad SMARTS) is 2. The molecule has 0 spiro atoms. The molecule has 0 heterocycles. The molecule has 0 saturated heterocycles. The molecular formula is C60H104F6N6O9. The Bertz CT molecular complexity index is 1810. The third-order valence-electron chi connectivity index (χ3n) is 12.7. The number of hydrogen-bond donors (Lipinski definition) is 4. The molecule has 3 rings (SSSR count). The molecule has 15 nitrogen and oxygen atoms in total. The van der Waals surface area contributed by atoms with Crippen LogP contribution in [0.1, 0.15) is 194 Å². The number of alkyl halides is 6. The Morgan fingerprint density at radius 2 is 0.617 bits per heavy atom. The second-order valence-corrected chi connectivity index (χ2v) is 19.9. The molecule has 21 heteroatoms. The second kappa shape index (κ2) is 49.2. The Balaban J connectivity index is -0.000000360. The number of amides is 4. The van der Waals surface area contributed by atoms with Crippen molar-refractivity contribution in [2.75, 3.05) is 63.0 Å². The lowest BCUT2D eigenvalue weighted by Gasteiger charge is -2.39. The van der Waals surface area contributed by atoms with Crippen LogP contribution in [0.25, 0.3) is 0 Å². The highest BCUT2D eigenvalue weighted by molar-refractivity contribution is 5.89. The number of aliphatic carboxylic acids is 2. The van der Waals surface area contributed by atoms with Gasteiger partial charge in [0.1, 0.15) is 0 Å². The van der Waals surface area contributed by atoms with Gasteiger partial charge in [-0.05, 0) is 125 Å². The number of carbonyl (C=O) groups excluding carboxylic acids is 4. The minimum Gasteiger partial charge on any atom is -0.550 e. The first-order valence-electron chi connectivity index (χ1n) is 28.4. The van der Waals surface area contributed by atoms with Crippen LogP contribution in [0.15, 0.2) is 72.8 Å². The number of nitrogens with one attached hydrogen (secondary N) is 4. The third kappa shape index (κ3) is 43.9. The van der Waals surface area contributed by atoms with Gasteiger partial charge in [-0.3, -0.25) is 0 Å². The second-order valence-electron chi connectivity index (χ2n) is 19.9. The van der Waals surface area contributed by atoms with Crippen molar-refractivity contribution in [3.05, 3.63) is 95.1 Å². The fraction of sp³-hybridized carbons (Fsp3) is 0.633. The van der Waals surface area contributed by atoms with Crippen molar-refractivity contribution in [2.45, 2.75) is 197 Å². The Kier molecular flexibility index (Phi) is 51.2. The van der Waals surface area contributed by atoms with Gasteiger partial charge >= 0.3 is 24.4 Å². The molecule has 470 valence electrons. The first-order valence-corrected chi connectivity index (χ1v) is 28.4. The highest BCUT2D eigenvalue weighted by Gasteiger charge is 2.31. The number of benzene rings is 3. The zero-order valence-corrected chi connectivity index (χ0v) is 50.4. The fourth-order valence-corrected chi connectivity index (χ4v) is 8.34. The molecular weight excluding hydrogens is 1060 g/mol. The number of halogens is 6. The van der Waals surface area contributed by atoms with E-state index in [4.69, 9.17) is 19.8 Å². The summed E-state index contributed by atoms with van der Waals surface area (Å²) < 4.78 is 78.5. The van der Waals surface area contributed by atoms with Crippen molar-refractivity contribution in [1.29, 1.82) is 0 Å². The van der Waals surface area contributed by atoms with Crippen LogP contribution in [0.4, 0.5) is 47.3 Å². The Labute approximate surface area is 481 Å². The summed E-state index contributed by atoms with van der Waals surface area (Å²) >= 11 is 0. The smallest absolute Gasteiger partial charge is 0.416 e. The van der Waals surface area contributed by atoms with Crippen LogP contribution < -0.4 is 31.5 Å². The van der Waals surface area contributed by atoms with E-state index in [0.717, 1.165) is 62.4 Å². The van der Waals surface area contributed by atoms with Crippen LogP contribution in [0.3, 0.4) is 0 Å². The van der Waals surface area contributed by atoms with Gasteiger partial charge in [0.25, 0.3) is 0 Å². The predicted octanol–water partition coefficient (Wildman–Crippen LogP) is 11.4. The van der Waals surface area contributed by atoms with Gasteiger partial charge in [-0.15, -0.1) is 0 Å². The van der Waals surface area contributed by atoms with Crippen LogP contribution in [-0.2, 0) is 35.0 Å². The molecule has 0 radical (unpaired) electrons. The topological polar surface area (TPSA) is 257 Å². The molecule has 0 aliphatic rings. The maximum atomic E-state index is 12.6. The van der Waals surface area contributed by atoms with Gasteiger partial charge < -0.3 is 66.5 Å². The van der Waals surface area contributed by atoms with Gasteiger partial charge in [0.2, 0.25) is 0 Å². The molecule has 0 aliphatic carbocycles. The predicted molar refractivity (Wildman–Crippen MR) is 312 cm³/mol. The molecule has 0 aromatic heterocycles. The summed E-state index contributed by atoms with van der Waals surface area (Å²) in [4.78, 5) is 41.9. The van der Waals surface area contributed by atoms with Gasteiger partial charge in [-0.1, -0.05) is 131 Å². The monoisotopic (exact) mass is 1170 g/mol. The molecule has 81 heavy (non-hydrogen) atoms. The lowest BCUT2D eigenvalue weighted by atomic mass is 10.1. The molecule has 0 atom stereocenters. The SMILES string of the molecule is CC(=O)[O-].CC(=O)[O-].CCCC[N+](CCCC)(CCCC)CCCC.CCCC[N+](CCCC)(CCCC)CCCC.O.O.O.O=C(NCc1cccc(CNC(=O)Nc2ccc(C(F)(F)F)cc2)c1)Nc1ccc(C(F)(F)F)cc1. The van der Waals surface area contributed by atoms with E-state index in [1.54, 1.807) is 24.3 Å².